The van der Waals surface area contributed by atoms with Crippen LogP contribution in [0.5, 0.6) is 0 Å². The van der Waals surface area contributed by atoms with Crippen molar-refractivity contribution in [1.29, 1.82) is 0 Å². The molecule has 0 saturated carbocycles. The van der Waals surface area contributed by atoms with Crippen molar-refractivity contribution in [2.45, 2.75) is 23.5 Å². The second kappa shape index (κ2) is 3.51. The molecule has 1 heterocycles. The lowest BCUT2D eigenvalue weighted by molar-refractivity contribution is 0.739. The molecule has 0 spiro atoms. The Morgan fingerprint density at radius 1 is 1.29 bits per heavy atom. The molecular formula is C10H11Cl2NS. The minimum absolute atomic E-state index is 0.212. The van der Waals surface area contributed by atoms with Gasteiger partial charge in [-0.3, -0.25) is 0 Å². The van der Waals surface area contributed by atoms with Crippen molar-refractivity contribution >= 4 is 40.7 Å². The Morgan fingerprint density at radius 3 is 2.64 bits per heavy atom. The average molecular weight is 248 g/mol. The maximum atomic E-state index is 5.97. The van der Waals surface area contributed by atoms with Crippen LogP contribution in [0.1, 0.15) is 13.8 Å². The van der Waals surface area contributed by atoms with E-state index >= 15 is 0 Å². The van der Waals surface area contributed by atoms with E-state index in [9.17, 15) is 0 Å². The Kier molecular flexibility index (Phi) is 2.63. The van der Waals surface area contributed by atoms with Gasteiger partial charge < -0.3 is 5.32 Å². The van der Waals surface area contributed by atoms with Crippen LogP contribution in [0.25, 0.3) is 0 Å². The summed E-state index contributed by atoms with van der Waals surface area (Å²) in [5, 5.41) is 4.59. The van der Waals surface area contributed by atoms with Crippen molar-refractivity contribution in [1.82, 2.24) is 0 Å². The summed E-state index contributed by atoms with van der Waals surface area (Å²) in [7, 11) is 0. The van der Waals surface area contributed by atoms with Gasteiger partial charge in [-0.2, -0.15) is 0 Å². The molecule has 1 aromatic carbocycles. The van der Waals surface area contributed by atoms with E-state index in [4.69, 9.17) is 23.2 Å². The number of nitrogens with one attached hydrogen (secondary N) is 1. The fraction of sp³-hybridized carbons (Fsp3) is 0.400. The Hall–Kier alpha value is -0.0500. The highest BCUT2D eigenvalue weighted by molar-refractivity contribution is 8.00. The molecule has 0 aromatic heterocycles. The molecule has 0 radical (unpaired) electrons. The lowest BCUT2D eigenvalue weighted by atomic mass is 10.2. The van der Waals surface area contributed by atoms with Gasteiger partial charge in [-0.05, 0) is 26.0 Å². The summed E-state index contributed by atoms with van der Waals surface area (Å²) in [6.07, 6.45) is 0. The molecule has 4 heteroatoms. The molecule has 14 heavy (non-hydrogen) atoms. The van der Waals surface area contributed by atoms with E-state index in [2.05, 4.69) is 19.2 Å². The van der Waals surface area contributed by atoms with Crippen LogP contribution < -0.4 is 5.32 Å². The quantitative estimate of drug-likeness (QED) is 0.735. The van der Waals surface area contributed by atoms with Crippen molar-refractivity contribution in [3.8, 4) is 0 Å². The van der Waals surface area contributed by atoms with E-state index in [0.717, 1.165) is 12.2 Å². The number of benzene rings is 1. The number of halogens is 2. The van der Waals surface area contributed by atoms with Crippen LogP contribution in [-0.4, -0.2) is 11.3 Å². The predicted octanol–water partition coefficient (Wildman–Crippen LogP) is 4.29. The van der Waals surface area contributed by atoms with Gasteiger partial charge in [-0.25, -0.2) is 0 Å². The van der Waals surface area contributed by atoms with Crippen LogP contribution in [0.15, 0.2) is 17.0 Å². The number of anilines is 1. The third-order valence-electron chi connectivity index (χ3n) is 2.11. The summed E-state index contributed by atoms with van der Waals surface area (Å²) in [4.78, 5) is 1.18. The molecule has 1 aliphatic rings. The highest BCUT2D eigenvalue weighted by Crippen LogP contribution is 2.44. The zero-order chi connectivity index (χ0) is 10.3. The number of hydrogen-bond acceptors (Lipinski definition) is 2. The number of rotatable bonds is 0. The summed E-state index contributed by atoms with van der Waals surface area (Å²) >= 11 is 13.7. The molecule has 2 rings (SSSR count). The molecule has 0 amide bonds. The van der Waals surface area contributed by atoms with Gasteiger partial charge in [0.2, 0.25) is 0 Å². The SMILES string of the molecule is CC1(C)CNc2cc(Cl)c(Cl)cc2S1. The zero-order valence-electron chi connectivity index (χ0n) is 8.03. The van der Waals surface area contributed by atoms with Gasteiger partial charge >= 0.3 is 0 Å². The third kappa shape index (κ3) is 1.97. The van der Waals surface area contributed by atoms with Crippen molar-refractivity contribution in [3.63, 3.8) is 0 Å². The van der Waals surface area contributed by atoms with Gasteiger partial charge in [0.1, 0.15) is 0 Å². The van der Waals surface area contributed by atoms with Gasteiger partial charge in [0, 0.05) is 21.9 Å². The van der Waals surface area contributed by atoms with Gasteiger partial charge in [0.05, 0.1) is 10.0 Å². The molecule has 0 saturated heterocycles. The lowest BCUT2D eigenvalue weighted by Crippen LogP contribution is -2.29. The fourth-order valence-corrected chi connectivity index (χ4v) is 2.94. The molecule has 1 nitrogen and oxygen atoms in total. The fourth-order valence-electron chi connectivity index (χ4n) is 1.39. The van der Waals surface area contributed by atoms with Crippen LogP contribution in [0, 0.1) is 0 Å². The summed E-state index contributed by atoms with van der Waals surface area (Å²) in [5.74, 6) is 0. The van der Waals surface area contributed by atoms with Crippen LogP contribution in [0.3, 0.4) is 0 Å². The Morgan fingerprint density at radius 2 is 1.93 bits per heavy atom. The van der Waals surface area contributed by atoms with Crippen molar-refractivity contribution in [3.05, 3.63) is 22.2 Å². The first kappa shape index (κ1) is 10.5. The topological polar surface area (TPSA) is 12.0 Å². The van der Waals surface area contributed by atoms with Crippen LogP contribution >= 0.6 is 35.0 Å². The van der Waals surface area contributed by atoms with Gasteiger partial charge in [0.15, 0.2) is 0 Å². The number of fused-ring (bicyclic) bond motifs is 1. The Balaban J connectivity index is 2.43. The summed E-state index contributed by atoms with van der Waals surface area (Å²) in [6, 6.07) is 3.82. The minimum Gasteiger partial charge on any atom is -0.383 e. The maximum Gasteiger partial charge on any atom is 0.0613 e. The highest BCUT2D eigenvalue weighted by atomic mass is 35.5. The molecular weight excluding hydrogens is 237 g/mol. The second-order valence-electron chi connectivity index (χ2n) is 3.98. The summed E-state index contributed by atoms with van der Waals surface area (Å²) in [6.45, 7) is 5.36. The molecule has 1 aliphatic heterocycles. The molecule has 1 N–H and O–H groups in total. The molecule has 1 aromatic rings. The molecule has 0 unspecified atom stereocenters. The number of thioether (sulfide) groups is 1. The zero-order valence-corrected chi connectivity index (χ0v) is 10.4. The molecule has 0 aliphatic carbocycles. The van der Waals surface area contributed by atoms with E-state index in [1.54, 1.807) is 0 Å². The van der Waals surface area contributed by atoms with Crippen LogP contribution in [0.2, 0.25) is 10.0 Å². The van der Waals surface area contributed by atoms with E-state index in [1.807, 2.05) is 23.9 Å². The lowest BCUT2D eigenvalue weighted by Gasteiger charge is -2.31. The monoisotopic (exact) mass is 247 g/mol. The van der Waals surface area contributed by atoms with Gasteiger partial charge in [-0.1, -0.05) is 23.2 Å². The van der Waals surface area contributed by atoms with Crippen molar-refractivity contribution in [2.75, 3.05) is 11.9 Å². The standard InChI is InChI=1S/C10H11Cl2NS/c1-10(2)5-13-8-3-6(11)7(12)4-9(8)14-10/h3-4,13H,5H2,1-2H3. The van der Waals surface area contributed by atoms with Crippen LogP contribution in [-0.2, 0) is 0 Å². The molecule has 0 fully saturated rings. The first-order valence-corrected chi connectivity index (χ1v) is 5.97. The van der Waals surface area contributed by atoms with Crippen LogP contribution in [0.4, 0.5) is 5.69 Å². The van der Waals surface area contributed by atoms with E-state index in [0.29, 0.717) is 10.0 Å². The molecule has 0 bridgehead atoms. The first-order valence-electron chi connectivity index (χ1n) is 4.40. The highest BCUT2D eigenvalue weighted by Gasteiger charge is 2.26. The third-order valence-corrected chi connectivity index (χ3v) is 4.09. The van der Waals surface area contributed by atoms with E-state index < -0.39 is 0 Å². The summed E-state index contributed by atoms with van der Waals surface area (Å²) < 4.78 is 0.212. The van der Waals surface area contributed by atoms with Crippen molar-refractivity contribution < 1.29 is 0 Å². The van der Waals surface area contributed by atoms with Gasteiger partial charge in [-0.15, -0.1) is 11.8 Å². The maximum absolute atomic E-state index is 5.97. The minimum atomic E-state index is 0.212. The first-order chi connectivity index (χ1) is 6.48. The predicted molar refractivity (Wildman–Crippen MR) is 64.9 cm³/mol. The van der Waals surface area contributed by atoms with E-state index in [1.165, 1.54) is 4.90 Å². The number of hydrogen-bond donors (Lipinski definition) is 1. The molecule has 76 valence electrons. The largest absolute Gasteiger partial charge is 0.383 e. The Labute approximate surface area is 98.2 Å². The normalized spacial score (nSPS) is 18.6. The van der Waals surface area contributed by atoms with Crippen molar-refractivity contribution in [2.24, 2.45) is 0 Å². The van der Waals surface area contributed by atoms with E-state index in [-0.39, 0.29) is 4.75 Å². The molecule has 0 atom stereocenters. The average Bonchev–Trinajstić information content (AvgIpc) is 2.07. The van der Waals surface area contributed by atoms with Gasteiger partial charge in [0.25, 0.3) is 0 Å². The Bertz CT molecular complexity index is 377. The second-order valence-corrected chi connectivity index (χ2v) is 6.54. The smallest absolute Gasteiger partial charge is 0.0613 e. The summed E-state index contributed by atoms with van der Waals surface area (Å²) in [5.41, 5.74) is 1.09.